The number of phenols is 2. The van der Waals surface area contributed by atoms with E-state index >= 15 is 0 Å². The van der Waals surface area contributed by atoms with Crippen LogP contribution in [0.5, 0.6) is 11.5 Å². The summed E-state index contributed by atoms with van der Waals surface area (Å²) < 4.78 is 5.04. The van der Waals surface area contributed by atoms with Crippen molar-refractivity contribution in [1.82, 2.24) is 0 Å². The number of halogens is 1. The van der Waals surface area contributed by atoms with Crippen LogP contribution in [0.15, 0.2) is 30.4 Å². The first kappa shape index (κ1) is 18.0. The number of carbonyl (C=O) groups is 2. The second kappa shape index (κ2) is 7.99. The number of phenolic OH excluding ortho intramolecular Hbond substituents is 2. The highest BCUT2D eigenvalue weighted by Crippen LogP contribution is 2.37. The summed E-state index contributed by atoms with van der Waals surface area (Å²) in [6.45, 7) is -0.0605. The maximum atomic E-state index is 12.2. The minimum Gasteiger partial charge on any atom is -0.507 e. The van der Waals surface area contributed by atoms with Gasteiger partial charge in [-0.3, -0.25) is 4.79 Å². The topological polar surface area (TPSA) is 104 Å². The first-order valence-electron chi connectivity index (χ1n) is 7.34. The quantitative estimate of drug-likeness (QED) is 0.619. The molecule has 1 aliphatic heterocycles. The number of benzene rings is 1. The Bertz CT molecular complexity index is 708. The normalized spacial score (nSPS) is 22.2. The molecule has 6 nitrogen and oxygen atoms in total. The van der Waals surface area contributed by atoms with Crippen molar-refractivity contribution in [3.8, 4) is 11.5 Å². The van der Waals surface area contributed by atoms with Crippen LogP contribution in [0, 0.1) is 0 Å². The molecule has 1 aliphatic rings. The van der Waals surface area contributed by atoms with Gasteiger partial charge in [0.05, 0.1) is 17.7 Å². The van der Waals surface area contributed by atoms with Gasteiger partial charge in [0.1, 0.15) is 17.1 Å². The fraction of sp³-hybridized carbons (Fsp3) is 0.294. The number of fused-ring (bicyclic) bond motifs is 1. The molecule has 1 heterocycles. The molecule has 0 aliphatic carbocycles. The van der Waals surface area contributed by atoms with Gasteiger partial charge in [-0.25, -0.2) is 4.79 Å². The highest BCUT2D eigenvalue weighted by Gasteiger charge is 2.24. The standard InChI is InChI=1S/C17H17ClO6/c18-16-12-8-11(20)5-3-1-2-4-10(19)6-7-24-17(23)15(12)13(21)9-14(16)22/h1-3,5,9-10,19,21-22H,4,6-8H2/b2-1-,5-3+/t10-/m0/s1. The van der Waals surface area contributed by atoms with Gasteiger partial charge in [0.15, 0.2) is 5.78 Å². The molecule has 7 heteroatoms. The van der Waals surface area contributed by atoms with Crippen LogP contribution in [0.4, 0.5) is 0 Å². The Kier molecular flexibility index (Phi) is 6.00. The van der Waals surface area contributed by atoms with E-state index in [9.17, 15) is 24.9 Å². The van der Waals surface area contributed by atoms with Gasteiger partial charge >= 0.3 is 5.97 Å². The zero-order chi connectivity index (χ0) is 17.7. The van der Waals surface area contributed by atoms with Crippen LogP contribution in [0.3, 0.4) is 0 Å². The van der Waals surface area contributed by atoms with Crippen LogP contribution in [0.2, 0.25) is 5.02 Å². The summed E-state index contributed by atoms with van der Waals surface area (Å²) in [5.74, 6) is -2.21. The molecule has 0 fully saturated rings. The van der Waals surface area contributed by atoms with Crippen molar-refractivity contribution in [3.63, 3.8) is 0 Å². The van der Waals surface area contributed by atoms with Gasteiger partial charge in [-0.2, -0.15) is 0 Å². The molecule has 2 rings (SSSR count). The summed E-state index contributed by atoms with van der Waals surface area (Å²) in [6.07, 6.45) is 5.71. The lowest BCUT2D eigenvalue weighted by molar-refractivity contribution is -0.114. The van der Waals surface area contributed by atoms with E-state index in [0.717, 1.165) is 6.07 Å². The van der Waals surface area contributed by atoms with Crippen molar-refractivity contribution in [2.75, 3.05) is 6.61 Å². The summed E-state index contributed by atoms with van der Waals surface area (Å²) in [5, 5.41) is 29.2. The molecule has 1 aromatic carbocycles. The third kappa shape index (κ3) is 4.37. The van der Waals surface area contributed by atoms with Crippen LogP contribution in [-0.2, 0) is 16.0 Å². The number of allylic oxidation sites excluding steroid dienone is 3. The zero-order valence-corrected chi connectivity index (χ0v) is 13.5. The number of aliphatic hydroxyl groups is 1. The predicted molar refractivity (Wildman–Crippen MR) is 87.3 cm³/mol. The molecule has 0 bridgehead atoms. The molecule has 1 aromatic rings. The first-order valence-corrected chi connectivity index (χ1v) is 7.72. The highest BCUT2D eigenvalue weighted by molar-refractivity contribution is 6.33. The summed E-state index contributed by atoms with van der Waals surface area (Å²) in [4.78, 5) is 24.2. The van der Waals surface area contributed by atoms with Gasteiger partial charge in [-0.1, -0.05) is 29.8 Å². The van der Waals surface area contributed by atoms with E-state index in [0.29, 0.717) is 6.42 Å². The molecule has 24 heavy (non-hydrogen) atoms. The molecule has 1 atom stereocenters. The number of ether oxygens (including phenoxy) is 1. The molecule has 0 amide bonds. The lowest BCUT2D eigenvalue weighted by atomic mass is 10.00. The average Bonchev–Trinajstić information content (AvgIpc) is 2.51. The number of rotatable bonds is 0. The molecule has 0 spiro atoms. The van der Waals surface area contributed by atoms with Gasteiger partial charge < -0.3 is 20.1 Å². The van der Waals surface area contributed by atoms with Crippen LogP contribution in [0.1, 0.15) is 28.8 Å². The van der Waals surface area contributed by atoms with E-state index in [-0.39, 0.29) is 41.4 Å². The molecule has 0 saturated heterocycles. The van der Waals surface area contributed by atoms with Crippen molar-refractivity contribution in [3.05, 3.63) is 46.5 Å². The third-order valence-corrected chi connectivity index (χ3v) is 3.92. The van der Waals surface area contributed by atoms with Gasteiger partial charge in [0.2, 0.25) is 0 Å². The van der Waals surface area contributed by atoms with Crippen LogP contribution < -0.4 is 0 Å². The molecule has 0 unspecified atom stereocenters. The molecule has 128 valence electrons. The Balaban J connectivity index is 2.45. The zero-order valence-electron chi connectivity index (χ0n) is 12.7. The van der Waals surface area contributed by atoms with Gasteiger partial charge in [-0.15, -0.1) is 0 Å². The molecule has 0 aromatic heterocycles. The molecule has 0 radical (unpaired) electrons. The Morgan fingerprint density at radius 3 is 2.67 bits per heavy atom. The van der Waals surface area contributed by atoms with Crippen LogP contribution in [-0.4, -0.2) is 39.8 Å². The summed E-state index contributed by atoms with van der Waals surface area (Å²) in [6, 6.07) is 0.920. The van der Waals surface area contributed by atoms with E-state index in [1.54, 1.807) is 12.2 Å². The fourth-order valence-corrected chi connectivity index (χ4v) is 2.48. The van der Waals surface area contributed by atoms with E-state index in [1.807, 2.05) is 0 Å². The van der Waals surface area contributed by atoms with Gasteiger partial charge in [-0.05, 0) is 12.5 Å². The number of aliphatic hydroxyl groups excluding tert-OH is 1. The Labute approximate surface area is 143 Å². The average molecular weight is 353 g/mol. The second-order valence-corrected chi connectivity index (χ2v) is 5.70. The Hall–Kier alpha value is -2.31. The fourth-order valence-electron chi connectivity index (χ4n) is 2.27. The van der Waals surface area contributed by atoms with Crippen molar-refractivity contribution < 1.29 is 29.6 Å². The molecular formula is C17H17ClO6. The molecule has 3 N–H and O–H groups in total. The maximum absolute atomic E-state index is 12.2. The maximum Gasteiger partial charge on any atom is 0.342 e. The first-order chi connectivity index (χ1) is 11.4. The van der Waals surface area contributed by atoms with E-state index < -0.39 is 23.6 Å². The summed E-state index contributed by atoms with van der Waals surface area (Å²) in [7, 11) is 0. The number of carbonyl (C=O) groups excluding carboxylic acids is 2. The van der Waals surface area contributed by atoms with Gasteiger partial charge in [0.25, 0.3) is 0 Å². The van der Waals surface area contributed by atoms with Crippen molar-refractivity contribution in [1.29, 1.82) is 0 Å². The second-order valence-electron chi connectivity index (χ2n) is 5.33. The number of hydrogen-bond donors (Lipinski definition) is 3. The monoisotopic (exact) mass is 352 g/mol. The van der Waals surface area contributed by atoms with Crippen LogP contribution in [0.25, 0.3) is 0 Å². The largest absolute Gasteiger partial charge is 0.507 e. The van der Waals surface area contributed by atoms with Gasteiger partial charge in [0, 0.05) is 24.5 Å². The number of hydrogen-bond acceptors (Lipinski definition) is 6. The van der Waals surface area contributed by atoms with Crippen molar-refractivity contribution >= 4 is 23.4 Å². The summed E-state index contributed by atoms with van der Waals surface area (Å²) in [5.41, 5.74) is -0.267. The Morgan fingerprint density at radius 2 is 1.92 bits per heavy atom. The number of cyclic esters (lactones) is 1. The number of aromatic hydroxyl groups is 2. The Morgan fingerprint density at radius 1 is 1.17 bits per heavy atom. The summed E-state index contributed by atoms with van der Waals surface area (Å²) >= 11 is 5.99. The molecule has 0 saturated carbocycles. The third-order valence-electron chi connectivity index (χ3n) is 3.50. The van der Waals surface area contributed by atoms with E-state index in [2.05, 4.69) is 0 Å². The number of ketones is 1. The lowest BCUT2D eigenvalue weighted by Crippen LogP contribution is -2.16. The SMILES string of the molecule is O=C1/C=C/C=C\C[C@H](O)CCOC(=O)c2c(O)cc(O)c(Cl)c2C1. The minimum absolute atomic E-state index is 0.00426. The van der Waals surface area contributed by atoms with Crippen LogP contribution >= 0.6 is 11.6 Å². The predicted octanol–water partition coefficient (Wildman–Crippen LogP) is 2.29. The lowest BCUT2D eigenvalue weighted by Gasteiger charge is -2.14. The van der Waals surface area contributed by atoms with Crippen molar-refractivity contribution in [2.45, 2.75) is 25.4 Å². The minimum atomic E-state index is -0.874. The molecular weight excluding hydrogens is 336 g/mol. The smallest absolute Gasteiger partial charge is 0.342 e. The van der Waals surface area contributed by atoms with E-state index in [1.165, 1.54) is 12.2 Å². The highest BCUT2D eigenvalue weighted by atomic mass is 35.5. The van der Waals surface area contributed by atoms with Crippen molar-refractivity contribution in [2.24, 2.45) is 0 Å². The van der Waals surface area contributed by atoms with E-state index in [4.69, 9.17) is 16.3 Å². The number of esters is 1.